The van der Waals surface area contributed by atoms with Crippen LogP contribution in [0.25, 0.3) is 33.5 Å². The smallest absolute Gasteiger partial charge is 0.358 e. The highest BCUT2D eigenvalue weighted by Crippen LogP contribution is 2.27. The molecule has 0 fully saturated rings. The van der Waals surface area contributed by atoms with Crippen LogP contribution in [-0.2, 0) is 0 Å². The Morgan fingerprint density at radius 2 is 1.35 bits per heavy atom. The molecular weight excluding hydrogens is 328 g/mol. The molecule has 4 rings (SSSR count). The first-order valence-electron chi connectivity index (χ1n) is 7.98. The molecule has 0 aliphatic rings. The van der Waals surface area contributed by atoms with Gasteiger partial charge in [-0.15, -0.1) is 5.10 Å². The highest BCUT2D eigenvalue weighted by molar-refractivity contribution is 5.92. The van der Waals surface area contributed by atoms with Gasteiger partial charge in [-0.3, -0.25) is 4.98 Å². The molecule has 6 nitrogen and oxygen atoms in total. The second kappa shape index (κ2) is 6.60. The van der Waals surface area contributed by atoms with E-state index in [1.807, 2.05) is 42.6 Å². The molecule has 2 heterocycles. The molecule has 0 radical (unpaired) electrons. The highest BCUT2D eigenvalue weighted by Gasteiger charge is 2.16. The predicted molar refractivity (Wildman–Crippen MR) is 97.4 cm³/mol. The van der Waals surface area contributed by atoms with Crippen molar-refractivity contribution in [1.29, 1.82) is 0 Å². The van der Waals surface area contributed by atoms with Crippen LogP contribution in [0.3, 0.4) is 0 Å². The van der Waals surface area contributed by atoms with E-state index in [2.05, 4.69) is 44.7 Å². The second-order valence-electron chi connectivity index (χ2n) is 5.72. The standard InChI is InChI=1S/C20H14N4O2/c25-20(26)19-18(22-24-23-19)16-9-7-14(8-10-16)13-3-5-15(6-4-13)17-2-1-11-21-12-17/h1-12H,(H,25,26)(H,22,23,24). The van der Waals surface area contributed by atoms with E-state index in [-0.39, 0.29) is 5.69 Å². The summed E-state index contributed by atoms with van der Waals surface area (Å²) in [6, 6.07) is 19.7. The minimum Gasteiger partial charge on any atom is -0.476 e. The van der Waals surface area contributed by atoms with E-state index < -0.39 is 5.97 Å². The molecule has 0 saturated carbocycles. The molecule has 0 aliphatic carbocycles. The Hall–Kier alpha value is -3.80. The number of aromatic carboxylic acids is 1. The third kappa shape index (κ3) is 2.95. The fourth-order valence-electron chi connectivity index (χ4n) is 2.79. The van der Waals surface area contributed by atoms with Gasteiger partial charge in [0.25, 0.3) is 0 Å². The first-order chi connectivity index (χ1) is 12.7. The number of nitrogens with one attached hydrogen (secondary N) is 1. The molecule has 6 heteroatoms. The minimum absolute atomic E-state index is 0.0847. The van der Waals surface area contributed by atoms with Crippen molar-refractivity contribution in [2.75, 3.05) is 0 Å². The maximum Gasteiger partial charge on any atom is 0.358 e. The van der Waals surface area contributed by atoms with E-state index in [9.17, 15) is 4.79 Å². The number of benzene rings is 2. The Bertz CT molecular complexity index is 1040. The Morgan fingerprint density at radius 3 is 1.88 bits per heavy atom. The van der Waals surface area contributed by atoms with Gasteiger partial charge in [0.05, 0.1) is 0 Å². The molecule has 0 atom stereocenters. The number of H-pyrrole nitrogens is 1. The normalized spacial score (nSPS) is 10.6. The average molecular weight is 342 g/mol. The number of aromatic nitrogens is 4. The van der Waals surface area contributed by atoms with E-state index in [1.165, 1.54) is 0 Å². The lowest BCUT2D eigenvalue weighted by atomic mass is 9.99. The van der Waals surface area contributed by atoms with E-state index in [4.69, 9.17) is 5.11 Å². The number of aromatic amines is 1. The van der Waals surface area contributed by atoms with E-state index in [1.54, 1.807) is 6.20 Å². The Labute approximate surface area is 149 Å². The Kier molecular flexibility index (Phi) is 3.99. The van der Waals surface area contributed by atoms with Gasteiger partial charge >= 0.3 is 5.97 Å². The van der Waals surface area contributed by atoms with Crippen molar-refractivity contribution in [3.8, 4) is 33.5 Å². The van der Waals surface area contributed by atoms with Crippen molar-refractivity contribution in [1.82, 2.24) is 20.4 Å². The van der Waals surface area contributed by atoms with Crippen molar-refractivity contribution >= 4 is 5.97 Å². The SMILES string of the molecule is O=C(O)c1n[nH]nc1-c1ccc(-c2ccc(-c3cccnc3)cc2)cc1. The zero-order valence-corrected chi connectivity index (χ0v) is 13.6. The van der Waals surface area contributed by atoms with E-state index in [0.717, 1.165) is 22.3 Å². The lowest BCUT2D eigenvalue weighted by molar-refractivity contribution is 0.0691. The van der Waals surface area contributed by atoms with Gasteiger partial charge in [-0.2, -0.15) is 10.3 Å². The first-order valence-corrected chi connectivity index (χ1v) is 7.98. The predicted octanol–water partition coefficient (Wildman–Crippen LogP) is 3.90. The average Bonchev–Trinajstić information content (AvgIpc) is 3.19. The third-order valence-corrected chi connectivity index (χ3v) is 4.12. The molecule has 2 aromatic heterocycles. The van der Waals surface area contributed by atoms with Gasteiger partial charge in [0.1, 0.15) is 5.69 Å². The van der Waals surface area contributed by atoms with Gasteiger partial charge in [0.2, 0.25) is 0 Å². The number of carboxylic acid groups (broad SMARTS) is 1. The molecule has 0 aliphatic heterocycles. The number of nitrogens with zero attached hydrogens (tertiary/aromatic N) is 3. The summed E-state index contributed by atoms with van der Waals surface area (Å²) in [7, 11) is 0. The molecule has 0 spiro atoms. The molecule has 2 N–H and O–H groups in total. The summed E-state index contributed by atoms with van der Waals surface area (Å²) in [6.45, 7) is 0. The topological polar surface area (TPSA) is 91.8 Å². The molecule has 0 amide bonds. The molecule has 4 aromatic rings. The maximum atomic E-state index is 11.2. The van der Waals surface area contributed by atoms with Crippen LogP contribution < -0.4 is 0 Å². The van der Waals surface area contributed by atoms with Gasteiger partial charge in [-0.25, -0.2) is 4.79 Å². The summed E-state index contributed by atoms with van der Waals surface area (Å²) in [5.41, 5.74) is 5.23. The number of carbonyl (C=O) groups is 1. The molecule has 0 bridgehead atoms. The zero-order valence-electron chi connectivity index (χ0n) is 13.6. The lowest BCUT2D eigenvalue weighted by Crippen LogP contribution is -1.99. The van der Waals surface area contributed by atoms with Crippen LogP contribution in [0, 0.1) is 0 Å². The van der Waals surface area contributed by atoms with Crippen molar-refractivity contribution in [3.05, 3.63) is 78.8 Å². The fourth-order valence-corrected chi connectivity index (χ4v) is 2.79. The second-order valence-corrected chi connectivity index (χ2v) is 5.72. The molecule has 26 heavy (non-hydrogen) atoms. The van der Waals surface area contributed by atoms with Crippen LogP contribution >= 0.6 is 0 Å². The van der Waals surface area contributed by atoms with Crippen LogP contribution in [0.5, 0.6) is 0 Å². The number of hydrogen-bond acceptors (Lipinski definition) is 4. The van der Waals surface area contributed by atoms with Crippen molar-refractivity contribution in [2.45, 2.75) is 0 Å². The van der Waals surface area contributed by atoms with Crippen molar-refractivity contribution in [2.24, 2.45) is 0 Å². The van der Waals surface area contributed by atoms with Crippen LogP contribution in [0.2, 0.25) is 0 Å². The summed E-state index contributed by atoms with van der Waals surface area (Å²) in [6.07, 6.45) is 3.59. The summed E-state index contributed by atoms with van der Waals surface area (Å²) >= 11 is 0. The van der Waals surface area contributed by atoms with Gasteiger partial charge in [0.15, 0.2) is 5.69 Å². The van der Waals surface area contributed by atoms with E-state index >= 15 is 0 Å². The lowest BCUT2D eigenvalue weighted by Gasteiger charge is -2.06. The fraction of sp³-hybridized carbons (Fsp3) is 0. The summed E-state index contributed by atoms with van der Waals surface area (Å²) in [4.78, 5) is 15.3. The molecule has 0 unspecified atom stereocenters. The minimum atomic E-state index is -1.11. The van der Waals surface area contributed by atoms with Gasteiger partial charge in [-0.1, -0.05) is 54.6 Å². The molecule has 2 aromatic carbocycles. The van der Waals surface area contributed by atoms with Crippen molar-refractivity contribution < 1.29 is 9.90 Å². The summed E-state index contributed by atoms with van der Waals surface area (Å²) in [5, 5.41) is 19.1. The highest BCUT2D eigenvalue weighted by atomic mass is 16.4. The van der Waals surface area contributed by atoms with Crippen molar-refractivity contribution in [3.63, 3.8) is 0 Å². The Morgan fingerprint density at radius 1 is 0.769 bits per heavy atom. The number of pyridine rings is 1. The number of rotatable bonds is 4. The maximum absolute atomic E-state index is 11.2. The molecule has 0 saturated heterocycles. The molecular formula is C20H14N4O2. The summed E-state index contributed by atoms with van der Waals surface area (Å²) in [5.74, 6) is -1.11. The number of hydrogen-bond donors (Lipinski definition) is 2. The number of carboxylic acids is 1. The largest absolute Gasteiger partial charge is 0.476 e. The van der Waals surface area contributed by atoms with Gasteiger partial charge in [-0.05, 0) is 28.3 Å². The van der Waals surface area contributed by atoms with E-state index in [0.29, 0.717) is 11.3 Å². The van der Waals surface area contributed by atoms with Gasteiger partial charge in [0, 0.05) is 18.0 Å². The molecule has 126 valence electrons. The third-order valence-electron chi connectivity index (χ3n) is 4.12. The zero-order chi connectivity index (χ0) is 17.9. The van der Waals surface area contributed by atoms with Crippen LogP contribution in [0.1, 0.15) is 10.5 Å². The van der Waals surface area contributed by atoms with Crippen LogP contribution in [0.4, 0.5) is 0 Å². The van der Waals surface area contributed by atoms with Gasteiger partial charge < -0.3 is 5.11 Å². The first kappa shape index (κ1) is 15.7. The monoisotopic (exact) mass is 342 g/mol. The van der Waals surface area contributed by atoms with Crippen LogP contribution in [-0.4, -0.2) is 31.5 Å². The quantitative estimate of drug-likeness (QED) is 0.587. The van der Waals surface area contributed by atoms with Crippen LogP contribution in [0.15, 0.2) is 73.1 Å². The summed E-state index contributed by atoms with van der Waals surface area (Å²) < 4.78 is 0. The Balaban J connectivity index is 1.61.